The SMILES string of the molecule is CC(C)C(=O)Nc1ccc(NC(=O)c2ccc3c(=O)n4c(nc3c2)CCCCCC4)cc1. The van der Waals surface area contributed by atoms with Crippen LogP contribution < -0.4 is 16.2 Å². The van der Waals surface area contributed by atoms with Crippen LogP contribution >= 0.6 is 0 Å². The van der Waals surface area contributed by atoms with Gasteiger partial charge in [0.15, 0.2) is 0 Å². The van der Waals surface area contributed by atoms with Gasteiger partial charge in [-0.25, -0.2) is 4.98 Å². The molecule has 0 saturated carbocycles. The number of aryl methyl sites for hydroxylation is 1. The van der Waals surface area contributed by atoms with Gasteiger partial charge in [-0.15, -0.1) is 0 Å². The van der Waals surface area contributed by atoms with Gasteiger partial charge >= 0.3 is 0 Å². The fraction of sp³-hybridized carbons (Fsp3) is 0.360. The van der Waals surface area contributed by atoms with E-state index in [9.17, 15) is 14.4 Å². The molecule has 32 heavy (non-hydrogen) atoms. The van der Waals surface area contributed by atoms with E-state index < -0.39 is 0 Å². The highest BCUT2D eigenvalue weighted by Gasteiger charge is 2.15. The molecular weight excluding hydrogens is 404 g/mol. The molecule has 7 nitrogen and oxygen atoms in total. The number of benzene rings is 2. The molecule has 3 aromatic rings. The first-order valence-corrected chi connectivity index (χ1v) is 11.2. The van der Waals surface area contributed by atoms with Gasteiger partial charge in [-0.05, 0) is 55.3 Å². The molecular formula is C25H28N4O3. The molecule has 0 aliphatic carbocycles. The maximum absolute atomic E-state index is 13.0. The van der Waals surface area contributed by atoms with E-state index in [2.05, 4.69) is 10.6 Å². The molecule has 0 saturated heterocycles. The van der Waals surface area contributed by atoms with Crippen LogP contribution in [0.4, 0.5) is 11.4 Å². The molecule has 0 radical (unpaired) electrons. The summed E-state index contributed by atoms with van der Waals surface area (Å²) < 4.78 is 1.79. The Morgan fingerprint density at radius 3 is 2.34 bits per heavy atom. The van der Waals surface area contributed by atoms with E-state index in [1.807, 2.05) is 13.8 Å². The van der Waals surface area contributed by atoms with Crippen molar-refractivity contribution >= 4 is 34.1 Å². The lowest BCUT2D eigenvalue weighted by molar-refractivity contribution is -0.118. The third-order valence-corrected chi connectivity index (χ3v) is 5.76. The van der Waals surface area contributed by atoms with Crippen molar-refractivity contribution < 1.29 is 9.59 Å². The molecule has 0 spiro atoms. The summed E-state index contributed by atoms with van der Waals surface area (Å²) >= 11 is 0. The van der Waals surface area contributed by atoms with Crippen molar-refractivity contribution in [2.24, 2.45) is 5.92 Å². The number of anilines is 2. The molecule has 166 valence electrons. The second-order valence-corrected chi connectivity index (χ2v) is 8.56. The average Bonchev–Trinajstić information content (AvgIpc) is 2.76. The molecule has 1 aliphatic rings. The van der Waals surface area contributed by atoms with Crippen molar-refractivity contribution in [1.82, 2.24) is 9.55 Å². The lowest BCUT2D eigenvalue weighted by atomic mass is 10.1. The topological polar surface area (TPSA) is 93.1 Å². The Morgan fingerprint density at radius 2 is 1.62 bits per heavy atom. The van der Waals surface area contributed by atoms with Gasteiger partial charge < -0.3 is 10.6 Å². The number of fused-ring (bicyclic) bond motifs is 2. The van der Waals surface area contributed by atoms with Crippen LogP contribution in [0.2, 0.25) is 0 Å². The van der Waals surface area contributed by atoms with E-state index in [0.29, 0.717) is 34.4 Å². The molecule has 0 atom stereocenters. The predicted octanol–water partition coefficient (Wildman–Crippen LogP) is 4.36. The van der Waals surface area contributed by atoms with Gasteiger partial charge in [0, 0.05) is 35.8 Å². The molecule has 0 unspecified atom stereocenters. The van der Waals surface area contributed by atoms with E-state index >= 15 is 0 Å². The van der Waals surface area contributed by atoms with Crippen molar-refractivity contribution in [3.05, 3.63) is 64.2 Å². The summed E-state index contributed by atoms with van der Waals surface area (Å²) in [5, 5.41) is 6.22. The Balaban J connectivity index is 1.54. The van der Waals surface area contributed by atoms with Crippen LogP contribution in [0.15, 0.2) is 47.3 Å². The zero-order valence-corrected chi connectivity index (χ0v) is 18.5. The van der Waals surface area contributed by atoms with Gasteiger partial charge in [-0.2, -0.15) is 0 Å². The van der Waals surface area contributed by atoms with Crippen LogP contribution in [0.5, 0.6) is 0 Å². The minimum atomic E-state index is -0.278. The third-order valence-electron chi connectivity index (χ3n) is 5.76. The third kappa shape index (κ3) is 4.72. The molecule has 1 aliphatic heterocycles. The van der Waals surface area contributed by atoms with Crippen molar-refractivity contribution in [3.63, 3.8) is 0 Å². The molecule has 0 bridgehead atoms. The highest BCUT2D eigenvalue weighted by molar-refractivity contribution is 6.06. The van der Waals surface area contributed by atoms with E-state index in [4.69, 9.17) is 4.98 Å². The van der Waals surface area contributed by atoms with Crippen LogP contribution in [0.3, 0.4) is 0 Å². The first-order valence-electron chi connectivity index (χ1n) is 11.2. The monoisotopic (exact) mass is 432 g/mol. The van der Waals surface area contributed by atoms with Crippen molar-refractivity contribution in [3.8, 4) is 0 Å². The molecule has 4 rings (SSSR count). The Morgan fingerprint density at radius 1 is 0.938 bits per heavy atom. The highest BCUT2D eigenvalue weighted by atomic mass is 16.2. The summed E-state index contributed by atoms with van der Waals surface area (Å²) in [6.45, 7) is 4.36. The second-order valence-electron chi connectivity index (χ2n) is 8.56. The Hall–Kier alpha value is -3.48. The summed E-state index contributed by atoms with van der Waals surface area (Å²) in [6.07, 6.45) is 5.07. The molecule has 0 fully saturated rings. The molecule has 7 heteroatoms. The molecule has 2 heterocycles. The maximum atomic E-state index is 13.0. The minimum absolute atomic E-state index is 0.0297. The number of hydrogen-bond donors (Lipinski definition) is 2. The highest BCUT2D eigenvalue weighted by Crippen LogP contribution is 2.19. The second kappa shape index (κ2) is 9.34. The van der Waals surface area contributed by atoms with Gasteiger partial charge in [-0.1, -0.05) is 26.7 Å². The van der Waals surface area contributed by atoms with E-state index in [0.717, 1.165) is 37.9 Å². The summed E-state index contributed by atoms with van der Waals surface area (Å²) in [6, 6.07) is 12.0. The molecule has 2 aromatic carbocycles. The molecule has 2 N–H and O–H groups in total. The van der Waals surface area contributed by atoms with E-state index in [-0.39, 0.29) is 23.3 Å². The standard InChI is InChI=1S/C25H28N4O3/c1-16(2)23(30)26-18-9-11-19(12-10-18)27-24(31)17-8-13-20-21(15-17)28-22-7-5-3-4-6-14-29(22)25(20)32/h8-13,15-16H,3-7,14H2,1-2H3,(H,26,30)(H,27,31). The van der Waals surface area contributed by atoms with Gasteiger partial charge in [0.05, 0.1) is 10.9 Å². The Bertz CT molecular complexity index is 1210. The lowest BCUT2D eigenvalue weighted by Gasteiger charge is -2.16. The summed E-state index contributed by atoms with van der Waals surface area (Å²) in [7, 11) is 0. The molecule has 2 amide bonds. The summed E-state index contributed by atoms with van der Waals surface area (Å²) in [4.78, 5) is 42.3. The van der Waals surface area contributed by atoms with Crippen molar-refractivity contribution in [1.29, 1.82) is 0 Å². The van der Waals surface area contributed by atoms with Gasteiger partial charge in [0.25, 0.3) is 11.5 Å². The fourth-order valence-corrected chi connectivity index (χ4v) is 3.86. The first kappa shape index (κ1) is 21.7. The summed E-state index contributed by atoms with van der Waals surface area (Å²) in [5.41, 5.74) is 2.26. The number of nitrogens with one attached hydrogen (secondary N) is 2. The van der Waals surface area contributed by atoms with Crippen LogP contribution in [0, 0.1) is 5.92 Å². The van der Waals surface area contributed by atoms with E-state index in [1.54, 1.807) is 47.0 Å². The number of hydrogen-bond acceptors (Lipinski definition) is 4. The normalized spacial score (nSPS) is 13.8. The fourth-order valence-electron chi connectivity index (χ4n) is 3.86. The lowest BCUT2D eigenvalue weighted by Crippen LogP contribution is -2.26. The van der Waals surface area contributed by atoms with Gasteiger partial charge in [-0.3, -0.25) is 19.0 Å². The number of carbonyl (C=O) groups is 2. The summed E-state index contributed by atoms with van der Waals surface area (Å²) in [5.74, 6) is 0.358. The van der Waals surface area contributed by atoms with Gasteiger partial charge in [0.2, 0.25) is 5.91 Å². The predicted molar refractivity (Wildman–Crippen MR) is 126 cm³/mol. The minimum Gasteiger partial charge on any atom is -0.326 e. The molecule has 1 aromatic heterocycles. The Kier molecular flexibility index (Phi) is 6.35. The van der Waals surface area contributed by atoms with Gasteiger partial charge in [0.1, 0.15) is 5.82 Å². The number of aromatic nitrogens is 2. The number of rotatable bonds is 4. The van der Waals surface area contributed by atoms with Crippen LogP contribution in [0.1, 0.15) is 55.7 Å². The first-order chi connectivity index (χ1) is 15.4. The number of nitrogens with zero attached hydrogens (tertiary/aromatic N) is 2. The van der Waals surface area contributed by atoms with Crippen LogP contribution in [0.25, 0.3) is 10.9 Å². The largest absolute Gasteiger partial charge is 0.326 e. The van der Waals surface area contributed by atoms with Crippen molar-refractivity contribution in [2.45, 2.75) is 52.5 Å². The van der Waals surface area contributed by atoms with Crippen molar-refractivity contribution in [2.75, 3.05) is 10.6 Å². The zero-order chi connectivity index (χ0) is 22.7. The quantitative estimate of drug-likeness (QED) is 0.641. The maximum Gasteiger partial charge on any atom is 0.261 e. The van der Waals surface area contributed by atoms with E-state index in [1.165, 1.54) is 0 Å². The average molecular weight is 433 g/mol. The number of carbonyl (C=O) groups excluding carboxylic acids is 2. The Labute approximate surface area is 186 Å². The number of amides is 2. The van der Waals surface area contributed by atoms with Crippen LogP contribution in [-0.4, -0.2) is 21.4 Å². The van der Waals surface area contributed by atoms with Crippen LogP contribution in [-0.2, 0) is 17.8 Å². The smallest absolute Gasteiger partial charge is 0.261 e. The zero-order valence-electron chi connectivity index (χ0n) is 18.5.